The SMILES string of the molecule is CCN(CC)CCNC(=NC)NC1CCN(Cc2cc(OC)cc(OC)c2)C1. The zero-order valence-corrected chi connectivity index (χ0v) is 18.1. The van der Waals surface area contributed by atoms with E-state index >= 15 is 0 Å². The molecule has 1 saturated heterocycles. The van der Waals surface area contributed by atoms with Crippen LogP contribution in [-0.2, 0) is 6.54 Å². The number of ether oxygens (including phenoxy) is 2. The number of nitrogens with one attached hydrogen (secondary N) is 2. The molecule has 1 aliphatic heterocycles. The van der Waals surface area contributed by atoms with E-state index in [1.54, 1.807) is 14.2 Å². The van der Waals surface area contributed by atoms with Crippen LogP contribution in [0, 0.1) is 0 Å². The van der Waals surface area contributed by atoms with Crippen molar-refractivity contribution in [2.75, 3.05) is 60.5 Å². The van der Waals surface area contributed by atoms with Crippen LogP contribution < -0.4 is 20.1 Å². The van der Waals surface area contributed by atoms with E-state index in [1.165, 1.54) is 5.56 Å². The van der Waals surface area contributed by atoms with Gasteiger partial charge in [-0.2, -0.15) is 0 Å². The van der Waals surface area contributed by atoms with Crippen LogP contribution in [0.3, 0.4) is 0 Å². The second-order valence-corrected chi connectivity index (χ2v) is 7.11. The maximum absolute atomic E-state index is 5.38. The molecule has 0 radical (unpaired) electrons. The smallest absolute Gasteiger partial charge is 0.191 e. The maximum atomic E-state index is 5.38. The van der Waals surface area contributed by atoms with Crippen molar-refractivity contribution in [3.8, 4) is 11.5 Å². The highest BCUT2D eigenvalue weighted by Gasteiger charge is 2.23. The molecule has 7 heteroatoms. The minimum atomic E-state index is 0.409. The summed E-state index contributed by atoms with van der Waals surface area (Å²) in [6.45, 7) is 11.4. The van der Waals surface area contributed by atoms with Crippen LogP contribution in [-0.4, -0.2) is 82.3 Å². The van der Waals surface area contributed by atoms with Crippen molar-refractivity contribution < 1.29 is 9.47 Å². The van der Waals surface area contributed by atoms with Gasteiger partial charge in [-0.25, -0.2) is 0 Å². The van der Waals surface area contributed by atoms with E-state index in [4.69, 9.17) is 9.47 Å². The van der Waals surface area contributed by atoms with Gasteiger partial charge in [-0.05, 0) is 37.2 Å². The second kappa shape index (κ2) is 11.8. The molecule has 1 aromatic carbocycles. The largest absolute Gasteiger partial charge is 0.497 e. The Bertz CT molecular complexity index is 597. The molecule has 1 atom stereocenters. The molecule has 0 aliphatic carbocycles. The Morgan fingerprint density at radius 3 is 2.43 bits per heavy atom. The highest BCUT2D eigenvalue weighted by Crippen LogP contribution is 2.24. The number of benzene rings is 1. The van der Waals surface area contributed by atoms with Gasteiger partial charge in [0.2, 0.25) is 0 Å². The molecule has 0 spiro atoms. The van der Waals surface area contributed by atoms with Gasteiger partial charge >= 0.3 is 0 Å². The zero-order valence-electron chi connectivity index (χ0n) is 18.1. The summed E-state index contributed by atoms with van der Waals surface area (Å²) >= 11 is 0. The van der Waals surface area contributed by atoms with Crippen LogP contribution in [0.2, 0.25) is 0 Å². The first-order chi connectivity index (χ1) is 13.6. The fourth-order valence-corrected chi connectivity index (χ4v) is 3.57. The average molecular weight is 392 g/mol. The first-order valence-corrected chi connectivity index (χ1v) is 10.3. The molecule has 28 heavy (non-hydrogen) atoms. The van der Waals surface area contributed by atoms with Crippen molar-refractivity contribution in [2.45, 2.75) is 32.9 Å². The predicted molar refractivity (Wildman–Crippen MR) is 116 cm³/mol. The first kappa shape index (κ1) is 22.3. The Hall–Kier alpha value is -1.99. The van der Waals surface area contributed by atoms with Crippen molar-refractivity contribution in [1.82, 2.24) is 20.4 Å². The van der Waals surface area contributed by atoms with Gasteiger partial charge in [0.1, 0.15) is 11.5 Å². The fourth-order valence-electron chi connectivity index (χ4n) is 3.57. The number of hydrogen-bond donors (Lipinski definition) is 2. The molecule has 0 bridgehead atoms. The molecule has 2 N–H and O–H groups in total. The molecule has 1 unspecified atom stereocenters. The number of hydrogen-bond acceptors (Lipinski definition) is 5. The summed E-state index contributed by atoms with van der Waals surface area (Å²) in [7, 11) is 5.21. The van der Waals surface area contributed by atoms with Crippen molar-refractivity contribution in [2.24, 2.45) is 4.99 Å². The van der Waals surface area contributed by atoms with Gasteiger partial charge in [-0.15, -0.1) is 0 Å². The molecule has 1 heterocycles. The zero-order chi connectivity index (χ0) is 20.4. The Morgan fingerprint density at radius 2 is 1.86 bits per heavy atom. The molecular weight excluding hydrogens is 354 g/mol. The lowest BCUT2D eigenvalue weighted by atomic mass is 10.2. The molecule has 0 aromatic heterocycles. The Morgan fingerprint density at radius 1 is 1.18 bits per heavy atom. The van der Waals surface area contributed by atoms with E-state index in [-0.39, 0.29) is 0 Å². The molecule has 1 aliphatic rings. The molecular formula is C21H37N5O2. The quantitative estimate of drug-likeness (QED) is 0.468. The summed E-state index contributed by atoms with van der Waals surface area (Å²) in [6.07, 6.45) is 1.11. The number of methoxy groups -OCH3 is 2. The Kier molecular flexibility index (Phi) is 9.37. The molecule has 7 nitrogen and oxygen atoms in total. The number of rotatable bonds is 10. The Balaban J connectivity index is 1.81. The third kappa shape index (κ3) is 6.87. The van der Waals surface area contributed by atoms with Gasteiger partial charge in [0.25, 0.3) is 0 Å². The minimum Gasteiger partial charge on any atom is -0.497 e. The van der Waals surface area contributed by atoms with Crippen LogP contribution in [0.4, 0.5) is 0 Å². The summed E-state index contributed by atoms with van der Waals surface area (Å²) in [5.74, 6) is 2.56. The monoisotopic (exact) mass is 391 g/mol. The van der Waals surface area contributed by atoms with Crippen LogP contribution in [0.25, 0.3) is 0 Å². The van der Waals surface area contributed by atoms with Gasteiger partial charge in [-0.3, -0.25) is 9.89 Å². The van der Waals surface area contributed by atoms with Crippen molar-refractivity contribution in [1.29, 1.82) is 0 Å². The van der Waals surface area contributed by atoms with Gasteiger partial charge in [0.15, 0.2) is 5.96 Å². The third-order valence-corrected chi connectivity index (χ3v) is 5.27. The average Bonchev–Trinajstić information content (AvgIpc) is 3.16. The van der Waals surface area contributed by atoms with E-state index < -0.39 is 0 Å². The van der Waals surface area contributed by atoms with E-state index in [9.17, 15) is 0 Å². The van der Waals surface area contributed by atoms with Gasteiger partial charge in [0.05, 0.1) is 14.2 Å². The van der Waals surface area contributed by atoms with Gasteiger partial charge < -0.3 is 25.0 Å². The lowest BCUT2D eigenvalue weighted by Crippen LogP contribution is -2.46. The van der Waals surface area contributed by atoms with Gasteiger partial charge in [0, 0.05) is 51.9 Å². The summed E-state index contributed by atoms with van der Waals surface area (Å²) in [6, 6.07) is 6.48. The van der Waals surface area contributed by atoms with E-state index in [0.717, 1.165) is 69.7 Å². The van der Waals surface area contributed by atoms with E-state index in [1.807, 2.05) is 13.1 Å². The summed E-state index contributed by atoms with van der Waals surface area (Å²) in [4.78, 5) is 9.23. The lowest BCUT2D eigenvalue weighted by molar-refractivity contribution is 0.307. The molecule has 0 saturated carbocycles. The molecule has 0 amide bonds. The van der Waals surface area contributed by atoms with Crippen molar-refractivity contribution in [3.63, 3.8) is 0 Å². The summed E-state index contributed by atoms with van der Waals surface area (Å²) in [5, 5.41) is 7.00. The molecule has 1 aromatic rings. The normalized spacial score (nSPS) is 17.8. The van der Waals surface area contributed by atoms with Crippen LogP contribution >= 0.6 is 0 Å². The maximum Gasteiger partial charge on any atom is 0.191 e. The van der Waals surface area contributed by atoms with Crippen LogP contribution in [0.15, 0.2) is 23.2 Å². The van der Waals surface area contributed by atoms with Gasteiger partial charge in [-0.1, -0.05) is 13.8 Å². The van der Waals surface area contributed by atoms with E-state index in [0.29, 0.717) is 6.04 Å². The summed E-state index contributed by atoms with van der Waals surface area (Å²) < 4.78 is 10.8. The lowest BCUT2D eigenvalue weighted by Gasteiger charge is -2.21. The van der Waals surface area contributed by atoms with Crippen molar-refractivity contribution in [3.05, 3.63) is 23.8 Å². The number of nitrogens with zero attached hydrogens (tertiary/aromatic N) is 3. The molecule has 158 valence electrons. The van der Waals surface area contributed by atoms with Crippen molar-refractivity contribution >= 4 is 5.96 Å². The topological polar surface area (TPSA) is 61.4 Å². The summed E-state index contributed by atoms with van der Waals surface area (Å²) in [5.41, 5.74) is 1.21. The third-order valence-electron chi connectivity index (χ3n) is 5.27. The first-order valence-electron chi connectivity index (χ1n) is 10.3. The fraction of sp³-hybridized carbons (Fsp3) is 0.667. The molecule has 1 fully saturated rings. The number of aliphatic imine (C=N–C) groups is 1. The van der Waals surface area contributed by atoms with Crippen LogP contribution in [0.1, 0.15) is 25.8 Å². The number of guanidine groups is 1. The predicted octanol–water partition coefficient (Wildman–Crippen LogP) is 1.78. The highest BCUT2D eigenvalue weighted by molar-refractivity contribution is 5.80. The molecule has 2 rings (SSSR count). The van der Waals surface area contributed by atoms with Crippen LogP contribution in [0.5, 0.6) is 11.5 Å². The van der Waals surface area contributed by atoms with E-state index in [2.05, 4.69) is 51.4 Å². The standard InChI is InChI=1S/C21H37N5O2/c1-6-25(7-2)11-9-23-21(22-3)24-18-8-10-26(16-18)15-17-12-19(27-4)14-20(13-17)28-5/h12-14,18H,6-11,15-16H2,1-5H3,(H2,22,23,24). The second-order valence-electron chi connectivity index (χ2n) is 7.11. The minimum absolute atomic E-state index is 0.409. The number of likely N-dealkylation sites (N-methyl/N-ethyl adjacent to an activating group) is 1. The highest BCUT2D eigenvalue weighted by atomic mass is 16.5. The number of likely N-dealkylation sites (tertiary alicyclic amines) is 1. The Labute approximate surface area is 170 Å².